The van der Waals surface area contributed by atoms with Crippen LogP contribution in [0.2, 0.25) is 0 Å². The van der Waals surface area contributed by atoms with Gasteiger partial charge in [-0.1, -0.05) is 19.1 Å². The van der Waals surface area contributed by atoms with E-state index in [-0.39, 0.29) is 23.7 Å². The molecule has 3 N–H and O–H groups in total. The summed E-state index contributed by atoms with van der Waals surface area (Å²) in [6.45, 7) is 2.80. The quantitative estimate of drug-likeness (QED) is 0.807. The van der Waals surface area contributed by atoms with Gasteiger partial charge in [0, 0.05) is 17.6 Å². The summed E-state index contributed by atoms with van der Waals surface area (Å²) in [5.74, 6) is 0.232. The average molecular weight is 269 g/mol. The standard InChI is InChI=1S/C14H20N2O.ClH/c1-2-14(8-9-14)13(17)16-10-7-11-3-5-12(15)6-4-11;/h3-6H,2,7-10,15H2,1H3,(H,16,17);1H. The number of benzene rings is 1. The fourth-order valence-corrected chi connectivity index (χ4v) is 2.08. The zero-order chi connectivity index (χ0) is 12.3. The first kappa shape index (κ1) is 14.8. The van der Waals surface area contributed by atoms with E-state index in [4.69, 9.17) is 5.73 Å². The predicted molar refractivity (Wildman–Crippen MR) is 76.8 cm³/mol. The van der Waals surface area contributed by atoms with Crippen LogP contribution in [0.1, 0.15) is 31.7 Å². The maximum atomic E-state index is 11.9. The third kappa shape index (κ3) is 3.39. The lowest BCUT2D eigenvalue weighted by molar-refractivity contribution is -0.126. The molecule has 0 bridgehead atoms. The van der Waals surface area contributed by atoms with Crippen molar-refractivity contribution in [1.82, 2.24) is 5.32 Å². The summed E-state index contributed by atoms with van der Waals surface area (Å²) in [5.41, 5.74) is 7.58. The molecule has 0 aromatic heterocycles. The Balaban J connectivity index is 0.00000162. The lowest BCUT2D eigenvalue weighted by Gasteiger charge is -2.12. The highest BCUT2D eigenvalue weighted by atomic mass is 35.5. The molecule has 18 heavy (non-hydrogen) atoms. The van der Waals surface area contributed by atoms with Gasteiger partial charge in [0.05, 0.1) is 0 Å². The first-order valence-corrected chi connectivity index (χ1v) is 6.29. The Labute approximate surface area is 115 Å². The van der Waals surface area contributed by atoms with Gasteiger partial charge in [0.15, 0.2) is 0 Å². The van der Waals surface area contributed by atoms with E-state index >= 15 is 0 Å². The first-order chi connectivity index (χ1) is 8.16. The number of carbonyl (C=O) groups excluding carboxylic acids is 1. The van der Waals surface area contributed by atoms with E-state index < -0.39 is 0 Å². The van der Waals surface area contributed by atoms with Crippen molar-refractivity contribution >= 4 is 24.0 Å². The van der Waals surface area contributed by atoms with Crippen LogP contribution < -0.4 is 11.1 Å². The second-order valence-electron chi connectivity index (χ2n) is 4.88. The minimum Gasteiger partial charge on any atom is -0.399 e. The van der Waals surface area contributed by atoms with Gasteiger partial charge in [-0.15, -0.1) is 12.4 Å². The van der Waals surface area contributed by atoms with Crippen LogP contribution in [-0.2, 0) is 11.2 Å². The molecule has 1 amide bonds. The molecule has 100 valence electrons. The largest absolute Gasteiger partial charge is 0.399 e. The molecule has 1 fully saturated rings. The Bertz CT molecular complexity index is 399. The molecular weight excluding hydrogens is 248 g/mol. The van der Waals surface area contributed by atoms with Crippen LogP contribution in [-0.4, -0.2) is 12.5 Å². The second kappa shape index (κ2) is 6.10. The lowest BCUT2D eigenvalue weighted by atomic mass is 10.0. The molecule has 0 atom stereocenters. The molecule has 3 nitrogen and oxygen atoms in total. The van der Waals surface area contributed by atoms with Crippen molar-refractivity contribution in [3.8, 4) is 0 Å². The van der Waals surface area contributed by atoms with E-state index in [0.29, 0.717) is 6.54 Å². The maximum Gasteiger partial charge on any atom is 0.226 e. The zero-order valence-electron chi connectivity index (χ0n) is 10.7. The number of carbonyl (C=O) groups is 1. The van der Waals surface area contributed by atoms with Crippen LogP contribution >= 0.6 is 12.4 Å². The Morgan fingerprint density at radius 3 is 2.44 bits per heavy atom. The maximum absolute atomic E-state index is 11.9. The second-order valence-corrected chi connectivity index (χ2v) is 4.88. The molecule has 1 saturated carbocycles. The molecule has 1 aliphatic rings. The SMILES string of the molecule is CCC1(C(=O)NCCc2ccc(N)cc2)CC1.Cl. The Hall–Kier alpha value is -1.22. The van der Waals surface area contributed by atoms with Gasteiger partial charge in [0.2, 0.25) is 5.91 Å². The Kier molecular flexibility index (Phi) is 5.03. The molecule has 0 spiro atoms. The van der Waals surface area contributed by atoms with Crippen LogP contribution in [0.4, 0.5) is 5.69 Å². The molecular formula is C14H21ClN2O. The van der Waals surface area contributed by atoms with Crippen molar-refractivity contribution in [2.24, 2.45) is 5.41 Å². The first-order valence-electron chi connectivity index (χ1n) is 6.29. The monoisotopic (exact) mass is 268 g/mol. The number of hydrogen-bond acceptors (Lipinski definition) is 2. The molecule has 0 aliphatic heterocycles. The van der Waals surface area contributed by atoms with Crippen molar-refractivity contribution in [2.45, 2.75) is 32.6 Å². The molecule has 2 rings (SSSR count). The minimum absolute atomic E-state index is 0. The van der Waals surface area contributed by atoms with Gasteiger partial charge in [-0.2, -0.15) is 0 Å². The molecule has 1 aliphatic carbocycles. The molecule has 1 aromatic rings. The van der Waals surface area contributed by atoms with Gasteiger partial charge >= 0.3 is 0 Å². The Morgan fingerprint density at radius 2 is 1.94 bits per heavy atom. The number of halogens is 1. The molecule has 1 aromatic carbocycles. The van der Waals surface area contributed by atoms with Crippen molar-refractivity contribution in [1.29, 1.82) is 0 Å². The summed E-state index contributed by atoms with van der Waals surface area (Å²) >= 11 is 0. The van der Waals surface area contributed by atoms with Gasteiger partial charge in [-0.05, 0) is 43.4 Å². The van der Waals surface area contributed by atoms with E-state index in [1.54, 1.807) is 0 Å². The van der Waals surface area contributed by atoms with E-state index in [9.17, 15) is 4.79 Å². The van der Waals surface area contributed by atoms with Gasteiger partial charge in [0.25, 0.3) is 0 Å². The minimum atomic E-state index is -0.0267. The molecule has 0 saturated heterocycles. The highest BCUT2D eigenvalue weighted by molar-refractivity contribution is 5.85. The normalized spacial score (nSPS) is 15.6. The summed E-state index contributed by atoms with van der Waals surface area (Å²) in [5, 5.41) is 3.03. The number of rotatable bonds is 5. The van der Waals surface area contributed by atoms with Crippen LogP contribution in [0.5, 0.6) is 0 Å². The number of nitrogens with one attached hydrogen (secondary N) is 1. The number of amides is 1. The Morgan fingerprint density at radius 1 is 1.33 bits per heavy atom. The van der Waals surface area contributed by atoms with Crippen LogP contribution in [0.3, 0.4) is 0 Å². The molecule has 0 radical (unpaired) electrons. The number of hydrogen-bond donors (Lipinski definition) is 2. The van der Waals surface area contributed by atoms with E-state index in [2.05, 4.69) is 12.2 Å². The average Bonchev–Trinajstić information content (AvgIpc) is 3.12. The van der Waals surface area contributed by atoms with Crippen molar-refractivity contribution in [3.05, 3.63) is 29.8 Å². The smallest absolute Gasteiger partial charge is 0.226 e. The highest BCUT2D eigenvalue weighted by Crippen LogP contribution is 2.48. The number of nitrogen functional groups attached to an aromatic ring is 1. The van der Waals surface area contributed by atoms with Crippen molar-refractivity contribution in [3.63, 3.8) is 0 Å². The zero-order valence-corrected chi connectivity index (χ0v) is 11.6. The van der Waals surface area contributed by atoms with Crippen LogP contribution in [0, 0.1) is 5.41 Å². The summed E-state index contributed by atoms with van der Waals surface area (Å²) in [7, 11) is 0. The highest BCUT2D eigenvalue weighted by Gasteiger charge is 2.47. The summed E-state index contributed by atoms with van der Waals surface area (Å²) < 4.78 is 0. The molecule has 4 heteroatoms. The topological polar surface area (TPSA) is 55.1 Å². The number of anilines is 1. The lowest BCUT2D eigenvalue weighted by Crippen LogP contribution is -2.33. The van der Waals surface area contributed by atoms with Gasteiger partial charge in [0.1, 0.15) is 0 Å². The summed E-state index contributed by atoms with van der Waals surface area (Å²) in [4.78, 5) is 11.9. The fraction of sp³-hybridized carbons (Fsp3) is 0.500. The summed E-state index contributed by atoms with van der Waals surface area (Å²) in [6, 6.07) is 7.81. The van der Waals surface area contributed by atoms with Crippen molar-refractivity contribution in [2.75, 3.05) is 12.3 Å². The van der Waals surface area contributed by atoms with Crippen molar-refractivity contribution < 1.29 is 4.79 Å². The fourth-order valence-electron chi connectivity index (χ4n) is 2.08. The molecule has 0 heterocycles. The van der Waals surface area contributed by atoms with Gasteiger partial charge < -0.3 is 11.1 Å². The predicted octanol–water partition coefficient (Wildman–Crippen LogP) is 2.54. The van der Waals surface area contributed by atoms with E-state index in [1.807, 2.05) is 24.3 Å². The molecule has 0 unspecified atom stereocenters. The third-order valence-corrected chi connectivity index (χ3v) is 3.69. The van der Waals surface area contributed by atoms with Gasteiger partial charge in [-0.3, -0.25) is 4.79 Å². The van der Waals surface area contributed by atoms with E-state index in [0.717, 1.165) is 31.4 Å². The third-order valence-electron chi connectivity index (χ3n) is 3.69. The van der Waals surface area contributed by atoms with Crippen LogP contribution in [0.15, 0.2) is 24.3 Å². The number of nitrogens with two attached hydrogens (primary N) is 1. The van der Waals surface area contributed by atoms with Gasteiger partial charge in [-0.25, -0.2) is 0 Å². The van der Waals surface area contributed by atoms with Crippen LogP contribution in [0.25, 0.3) is 0 Å². The summed E-state index contributed by atoms with van der Waals surface area (Å²) in [6.07, 6.45) is 3.93. The van der Waals surface area contributed by atoms with E-state index in [1.165, 1.54) is 5.56 Å².